The van der Waals surface area contributed by atoms with Gasteiger partial charge in [-0.15, -0.1) is 0 Å². The lowest BCUT2D eigenvalue weighted by atomic mass is 9.90. The van der Waals surface area contributed by atoms with Gasteiger partial charge in [-0.05, 0) is 74.2 Å². The van der Waals surface area contributed by atoms with E-state index >= 15 is 0 Å². The van der Waals surface area contributed by atoms with E-state index in [1.54, 1.807) is 16.7 Å². The van der Waals surface area contributed by atoms with Crippen molar-refractivity contribution in [1.29, 1.82) is 0 Å². The van der Waals surface area contributed by atoms with Gasteiger partial charge >= 0.3 is 0 Å². The van der Waals surface area contributed by atoms with Crippen molar-refractivity contribution >= 4 is 0 Å². The maximum absolute atomic E-state index is 3.50. The lowest BCUT2D eigenvalue weighted by Crippen LogP contribution is -2.13. The molecule has 0 amide bonds. The average Bonchev–Trinajstić information content (AvgIpc) is 2.61. The predicted molar refractivity (Wildman–Crippen MR) is 67.9 cm³/mol. The van der Waals surface area contributed by atoms with E-state index in [2.05, 4.69) is 23.5 Å². The summed E-state index contributed by atoms with van der Waals surface area (Å²) in [5.41, 5.74) is 4.84. The van der Waals surface area contributed by atoms with Gasteiger partial charge in [0.1, 0.15) is 0 Å². The molecule has 16 heavy (non-hydrogen) atoms. The van der Waals surface area contributed by atoms with Gasteiger partial charge in [-0.2, -0.15) is 0 Å². The van der Waals surface area contributed by atoms with Crippen LogP contribution in [0.4, 0.5) is 0 Å². The van der Waals surface area contributed by atoms with Crippen molar-refractivity contribution in [2.75, 3.05) is 13.1 Å². The molecule has 3 rings (SSSR count). The molecule has 1 fully saturated rings. The fourth-order valence-corrected chi connectivity index (χ4v) is 3.20. The molecular weight excluding hydrogens is 194 g/mol. The Morgan fingerprint density at radius 3 is 2.88 bits per heavy atom. The summed E-state index contributed by atoms with van der Waals surface area (Å²) in [5.74, 6) is 0.806. The molecule has 0 radical (unpaired) electrons. The number of fused-ring (bicyclic) bond motifs is 1. The van der Waals surface area contributed by atoms with Gasteiger partial charge in [-0.25, -0.2) is 0 Å². The summed E-state index contributed by atoms with van der Waals surface area (Å²) in [6.45, 7) is 2.41. The molecule has 0 saturated carbocycles. The monoisotopic (exact) mass is 215 g/mol. The summed E-state index contributed by atoms with van der Waals surface area (Å²) in [5, 5.41) is 3.50. The van der Waals surface area contributed by atoms with Crippen LogP contribution in [0.3, 0.4) is 0 Å². The third-order valence-electron chi connectivity index (χ3n) is 4.17. The second kappa shape index (κ2) is 4.58. The van der Waals surface area contributed by atoms with Crippen LogP contribution in [0.2, 0.25) is 0 Å². The maximum Gasteiger partial charge on any atom is -0.00431 e. The molecule has 1 aliphatic carbocycles. The largest absolute Gasteiger partial charge is 0.317 e. The van der Waals surface area contributed by atoms with Crippen LogP contribution in [0.25, 0.3) is 0 Å². The molecule has 1 aromatic carbocycles. The van der Waals surface area contributed by atoms with Crippen molar-refractivity contribution in [3.63, 3.8) is 0 Å². The van der Waals surface area contributed by atoms with Crippen molar-refractivity contribution in [3.8, 4) is 0 Å². The third-order valence-corrected chi connectivity index (χ3v) is 4.17. The van der Waals surface area contributed by atoms with E-state index in [4.69, 9.17) is 0 Å². The van der Waals surface area contributed by atoms with Gasteiger partial charge < -0.3 is 5.32 Å². The van der Waals surface area contributed by atoms with Crippen molar-refractivity contribution in [2.45, 2.75) is 44.4 Å². The summed E-state index contributed by atoms with van der Waals surface area (Å²) < 4.78 is 0. The van der Waals surface area contributed by atoms with Gasteiger partial charge in [0, 0.05) is 0 Å². The Kier molecular flexibility index (Phi) is 2.96. The Morgan fingerprint density at radius 2 is 1.88 bits per heavy atom. The first-order valence-corrected chi connectivity index (χ1v) is 6.76. The smallest absolute Gasteiger partial charge is 0.00431 e. The summed E-state index contributed by atoms with van der Waals surface area (Å²) in [6.07, 6.45) is 8.01. The molecular formula is C15H21N. The Hall–Kier alpha value is -0.820. The predicted octanol–water partition coefficient (Wildman–Crippen LogP) is 3.03. The van der Waals surface area contributed by atoms with Gasteiger partial charge in [-0.3, -0.25) is 0 Å². The van der Waals surface area contributed by atoms with E-state index in [1.165, 1.54) is 51.6 Å². The molecule has 86 valence electrons. The highest BCUT2D eigenvalue weighted by Gasteiger charge is 2.17. The van der Waals surface area contributed by atoms with Crippen molar-refractivity contribution in [3.05, 3.63) is 34.9 Å². The van der Waals surface area contributed by atoms with E-state index in [9.17, 15) is 0 Å². The van der Waals surface area contributed by atoms with Crippen LogP contribution < -0.4 is 5.32 Å². The number of hydrogen-bond donors (Lipinski definition) is 1. The maximum atomic E-state index is 3.50. The Balaban J connectivity index is 1.82. The normalized spacial score (nSPS) is 25.1. The average molecular weight is 215 g/mol. The first kappa shape index (κ1) is 10.3. The molecule has 2 aliphatic rings. The highest BCUT2D eigenvalue weighted by molar-refractivity contribution is 5.36. The van der Waals surface area contributed by atoms with E-state index in [0.717, 1.165) is 5.92 Å². The molecule has 1 unspecified atom stereocenters. The first-order valence-electron chi connectivity index (χ1n) is 6.76. The van der Waals surface area contributed by atoms with Crippen LogP contribution in [0, 0.1) is 0 Å². The number of hydrogen-bond acceptors (Lipinski definition) is 1. The number of benzene rings is 1. The van der Waals surface area contributed by atoms with E-state index in [1.807, 2.05) is 0 Å². The van der Waals surface area contributed by atoms with Gasteiger partial charge in [0.05, 0.1) is 0 Å². The molecule has 1 atom stereocenters. The second-order valence-corrected chi connectivity index (χ2v) is 5.26. The summed E-state index contributed by atoms with van der Waals surface area (Å²) in [6, 6.07) is 7.27. The molecule has 0 spiro atoms. The molecule has 1 heteroatoms. The van der Waals surface area contributed by atoms with Gasteiger partial charge in [-0.1, -0.05) is 18.2 Å². The first-order chi connectivity index (χ1) is 7.93. The quantitative estimate of drug-likeness (QED) is 0.759. The van der Waals surface area contributed by atoms with Crippen molar-refractivity contribution < 1.29 is 0 Å². The summed E-state index contributed by atoms with van der Waals surface area (Å²) in [7, 11) is 0. The van der Waals surface area contributed by atoms with Gasteiger partial charge in [0.2, 0.25) is 0 Å². The van der Waals surface area contributed by atoms with Gasteiger partial charge in [0.15, 0.2) is 0 Å². The lowest BCUT2D eigenvalue weighted by molar-refractivity contribution is 0.609. The topological polar surface area (TPSA) is 12.0 Å². The number of aryl methyl sites for hydroxylation is 2. The van der Waals surface area contributed by atoms with Crippen LogP contribution in [0.5, 0.6) is 0 Å². The minimum atomic E-state index is 0.806. The number of nitrogens with one attached hydrogen (secondary N) is 1. The van der Waals surface area contributed by atoms with Crippen LogP contribution >= 0.6 is 0 Å². The van der Waals surface area contributed by atoms with E-state index < -0.39 is 0 Å². The Bertz CT molecular complexity index is 362. The van der Waals surface area contributed by atoms with Crippen LogP contribution in [0.1, 0.15) is 48.3 Å². The molecule has 1 nitrogen and oxygen atoms in total. The minimum absolute atomic E-state index is 0.806. The van der Waals surface area contributed by atoms with Crippen LogP contribution in [-0.2, 0) is 12.8 Å². The number of rotatable bonds is 1. The van der Waals surface area contributed by atoms with Crippen molar-refractivity contribution in [2.24, 2.45) is 0 Å². The molecule has 1 heterocycles. The lowest BCUT2D eigenvalue weighted by Gasteiger charge is -2.15. The third kappa shape index (κ3) is 2.01. The molecule has 1 aromatic rings. The van der Waals surface area contributed by atoms with Crippen molar-refractivity contribution in [1.82, 2.24) is 5.32 Å². The molecule has 1 N–H and O–H groups in total. The van der Waals surface area contributed by atoms with E-state index in [0.29, 0.717) is 0 Å². The molecule has 0 aromatic heterocycles. The van der Waals surface area contributed by atoms with Crippen LogP contribution in [0.15, 0.2) is 18.2 Å². The van der Waals surface area contributed by atoms with Gasteiger partial charge in [0.25, 0.3) is 0 Å². The zero-order chi connectivity index (χ0) is 10.8. The highest BCUT2D eigenvalue weighted by atomic mass is 14.8. The second-order valence-electron chi connectivity index (χ2n) is 5.26. The standard InChI is InChI=1S/C15H21N/c1-3-12-6-7-15(11-14(12)4-1)13-5-2-9-16-10-8-13/h6-7,11,13,16H,1-5,8-10H2. The fraction of sp³-hybridized carbons (Fsp3) is 0.600. The minimum Gasteiger partial charge on any atom is -0.317 e. The van der Waals surface area contributed by atoms with Crippen LogP contribution in [-0.4, -0.2) is 13.1 Å². The van der Waals surface area contributed by atoms with E-state index in [-0.39, 0.29) is 0 Å². The Morgan fingerprint density at radius 1 is 0.938 bits per heavy atom. The molecule has 1 saturated heterocycles. The Labute approximate surface area is 98.3 Å². The summed E-state index contributed by atoms with van der Waals surface area (Å²) in [4.78, 5) is 0. The highest BCUT2D eigenvalue weighted by Crippen LogP contribution is 2.30. The zero-order valence-corrected chi connectivity index (χ0v) is 9.97. The molecule has 1 aliphatic heterocycles. The fourth-order valence-electron chi connectivity index (χ4n) is 3.20. The SMILES string of the molecule is c1cc2c(cc1C1CCCNCC1)CCC2. The summed E-state index contributed by atoms with van der Waals surface area (Å²) >= 11 is 0. The zero-order valence-electron chi connectivity index (χ0n) is 9.97. The molecule has 0 bridgehead atoms.